The third-order valence-corrected chi connectivity index (χ3v) is 6.59. The summed E-state index contributed by atoms with van der Waals surface area (Å²) >= 11 is 0. The van der Waals surface area contributed by atoms with Crippen LogP contribution in [0.2, 0.25) is 0 Å². The molecule has 0 aliphatic heterocycles. The normalized spacial score (nSPS) is 11.6. The van der Waals surface area contributed by atoms with Crippen molar-refractivity contribution in [3.63, 3.8) is 0 Å². The molecule has 4 rings (SSSR count). The van der Waals surface area contributed by atoms with E-state index in [4.69, 9.17) is 0 Å². The molecule has 0 unspecified atom stereocenters. The summed E-state index contributed by atoms with van der Waals surface area (Å²) < 4.78 is 37.9. The summed E-state index contributed by atoms with van der Waals surface area (Å²) in [6.07, 6.45) is 1.11. The lowest BCUT2D eigenvalue weighted by Crippen LogP contribution is -2.23. The van der Waals surface area contributed by atoms with Crippen LogP contribution >= 0.6 is 0 Å². The minimum atomic E-state index is -3.44. The van der Waals surface area contributed by atoms with Crippen molar-refractivity contribution in [3.8, 4) is 11.3 Å². The summed E-state index contributed by atoms with van der Waals surface area (Å²) in [6, 6.07) is 12.8. The molecule has 0 saturated carbocycles. The highest BCUT2D eigenvalue weighted by Crippen LogP contribution is 2.26. The van der Waals surface area contributed by atoms with E-state index in [0.29, 0.717) is 33.8 Å². The number of hydrogen-bond acceptors (Lipinski definition) is 6. The Morgan fingerprint density at radius 1 is 1.09 bits per heavy atom. The van der Waals surface area contributed by atoms with Crippen molar-refractivity contribution in [2.75, 3.05) is 25.3 Å². The van der Waals surface area contributed by atoms with Gasteiger partial charge in [-0.05, 0) is 55.0 Å². The molecule has 34 heavy (non-hydrogen) atoms. The highest BCUT2D eigenvalue weighted by Gasteiger charge is 2.15. The lowest BCUT2D eigenvalue weighted by Gasteiger charge is -2.13. The van der Waals surface area contributed by atoms with Gasteiger partial charge in [-0.15, -0.1) is 0 Å². The quantitative estimate of drug-likeness (QED) is 0.437. The van der Waals surface area contributed by atoms with Crippen LogP contribution in [0.1, 0.15) is 21.7 Å². The number of imidazole rings is 1. The predicted molar refractivity (Wildman–Crippen MR) is 129 cm³/mol. The van der Waals surface area contributed by atoms with Crippen LogP contribution in [-0.2, 0) is 16.4 Å². The fraction of sp³-hybridized carbons (Fsp3) is 0.208. The van der Waals surface area contributed by atoms with E-state index in [0.717, 1.165) is 11.9 Å². The zero-order valence-corrected chi connectivity index (χ0v) is 20.0. The largest absolute Gasteiger partial charge is 0.378 e. The Balaban J connectivity index is 1.54. The molecule has 0 bridgehead atoms. The van der Waals surface area contributed by atoms with E-state index >= 15 is 0 Å². The van der Waals surface area contributed by atoms with Crippen LogP contribution in [0.5, 0.6) is 0 Å². The van der Waals surface area contributed by atoms with E-state index in [1.165, 1.54) is 18.2 Å². The van der Waals surface area contributed by atoms with Gasteiger partial charge in [-0.3, -0.25) is 4.79 Å². The number of carbonyl (C=O) groups is 1. The molecular formula is C24H24FN5O3S. The molecule has 176 valence electrons. The van der Waals surface area contributed by atoms with Crippen molar-refractivity contribution in [3.05, 3.63) is 71.3 Å². The Kier molecular flexibility index (Phi) is 6.09. The number of anilines is 1. The van der Waals surface area contributed by atoms with Gasteiger partial charge in [0.05, 0.1) is 22.7 Å². The van der Waals surface area contributed by atoms with Crippen molar-refractivity contribution >= 4 is 32.6 Å². The van der Waals surface area contributed by atoms with E-state index in [1.807, 2.05) is 25.1 Å². The number of nitrogens with zero attached hydrogens (tertiary/aromatic N) is 3. The molecular weight excluding hydrogens is 457 g/mol. The summed E-state index contributed by atoms with van der Waals surface area (Å²) in [6.45, 7) is 1.77. The second-order valence-electron chi connectivity index (χ2n) is 8.28. The van der Waals surface area contributed by atoms with Gasteiger partial charge in [-0.1, -0.05) is 6.07 Å². The number of nitrogens with one attached hydrogen (secondary N) is 2. The average Bonchev–Trinajstić information content (AvgIpc) is 3.18. The topological polar surface area (TPSA) is 108 Å². The monoisotopic (exact) mass is 481 g/mol. The Morgan fingerprint density at radius 2 is 1.85 bits per heavy atom. The van der Waals surface area contributed by atoms with Crippen molar-refractivity contribution in [2.45, 2.75) is 18.4 Å². The zero-order valence-electron chi connectivity index (χ0n) is 19.2. The highest BCUT2D eigenvalue weighted by atomic mass is 32.2. The molecule has 8 nitrogen and oxygen atoms in total. The Labute approximate surface area is 196 Å². The van der Waals surface area contributed by atoms with E-state index in [1.54, 1.807) is 31.2 Å². The first kappa shape index (κ1) is 23.4. The molecule has 10 heteroatoms. The Bertz CT molecular complexity index is 1510. The van der Waals surface area contributed by atoms with E-state index in [2.05, 4.69) is 20.3 Å². The third kappa shape index (κ3) is 4.91. The smallest absolute Gasteiger partial charge is 0.251 e. The van der Waals surface area contributed by atoms with Crippen molar-refractivity contribution in [1.82, 2.24) is 20.3 Å². The number of aromatic nitrogens is 3. The molecule has 0 atom stereocenters. The summed E-state index contributed by atoms with van der Waals surface area (Å²) in [5, 5.41) is 2.74. The number of aryl methyl sites for hydroxylation is 1. The summed E-state index contributed by atoms with van der Waals surface area (Å²) in [4.78, 5) is 26.6. The lowest BCUT2D eigenvalue weighted by molar-refractivity contribution is 0.0949. The number of fused-ring (bicyclic) bond motifs is 1. The van der Waals surface area contributed by atoms with Crippen LogP contribution < -0.4 is 10.2 Å². The zero-order chi connectivity index (χ0) is 24.6. The van der Waals surface area contributed by atoms with E-state index in [9.17, 15) is 17.6 Å². The molecule has 0 fully saturated rings. The SMILES string of the molecule is Cc1ccc(C(=O)NCc2nc3nc(-c4cc(F)cc(N(C)C)c4)ccc3[nH]2)cc1S(C)(=O)=O. The van der Waals surface area contributed by atoms with Crippen LogP contribution in [0, 0.1) is 12.7 Å². The van der Waals surface area contributed by atoms with Crippen LogP contribution in [0.3, 0.4) is 0 Å². The molecule has 4 aromatic rings. The van der Waals surface area contributed by atoms with Gasteiger partial charge in [-0.25, -0.2) is 22.8 Å². The third-order valence-electron chi connectivity index (χ3n) is 5.36. The molecule has 0 aliphatic carbocycles. The highest BCUT2D eigenvalue weighted by molar-refractivity contribution is 7.90. The summed E-state index contributed by atoms with van der Waals surface area (Å²) in [5.41, 5.74) is 3.85. The minimum absolute atomic E-state index is 0.0946. The first-order valence-electron chi connectivity index (χ1n) is 10.4. The number of carbonyl (C=O) groups excluding carboxylic acids is 1. The molecule has 0 saturated heterocycles. The number of hydrogen-bond donors (Lipinski definition) is 2. The standard InChI is InChI=1S/C24H24FN5O3S/c1-14-5-6-15(11-21(14)34(4,32)33)24(31)26-13-22-27-20-8-7-19(28-23(20)29-22)16-9-17(25)12-18(10-16)30(2)3/h5-12H,13H2,1-4H3,(H,26,31)(H,27,28,29). The number of benzene rings is 2. The van der Waals surface area contributed by atoms with Gasteiger partial charge in [0.25, 0.3) is 5.91 Å². The number of rotatable bonds is 6. The Morgan fingerprint density at radius 3 is 2.56 bits per heavy atom. The summed E-state index contributed by atoms with van der Waals surface area (Å²) in [5.74, 6) is -0.296. The van der Waals surface area contributed by atoms with Crippen LogP contribution in [0.25, 0.3) is 22.4 Å². The molecule has 2 N–H and O–H groups in total. The number of H-pyrrole nitrogens is 1. The molecule has 2 heterocycles. The summed E-state index contributed by atoms with van der Waals surface area (Å²) in [7, 11) is 0.227. The number of halogens is 1. The van der Waals surface area contributed by atoms with Gasteiger partial charge < -0.3 is 15.2 Å². The van der Waals surface area contributed by atoms with Gasteiger partial charge in [0.1, 0.15) is 11.6 Å². The van der Waals surface area contributed by atoms with Crippen molar-refractivity contribution in [2.24, 2.45) is 0 Å². The number of aromatic amines is 1. The number of sulfone groups is 1. The lowest BCUT2D eigenvalue weighted by atomic mass is 10.1. The maximum atomic E-state index is 14.1. The van der Waals surface area contributed by atoms with E-state index in [-0.39, 0.29) is 22.8 Å². The van der Waals surface area contributed by atoms with Crippen LogP contribution in [0.15, 0.2) is 53.4 Å². The van der Waals surface area contributed by atoms with Crippen molar-refractivity contribution in [1.29, 1.82) is 0 Å². The van der Waals surface area contributed by atoms with Gasteiger partial charge >= 0.3 is 0 Å². The minimum Gasteiger partial charge on any atom is -0.378 e. The fourth-order valence-corrected chi connectivity index (χ4v) is 4.57. The molecule has 0 radical (unpaired) electrons. The van der Waals surface area contributed by atoms with Gasteiger partial charge in [0.2, 0.25) is 0 Å². The predicted octanol–water partition coefficient (Wildman–Crippen LogP) is 3.47. The molecule has 1 amide bonds. The molecule has 2 aromatic heterocycles. The second kappa shape index (κ2) is 8.86. The van der Waals surface area contributed by atoms with Crippen LogP contribution in [-0.4, -0.2) is 49.6 Å². The maximum absolute atomic E-state index is 14.1. The maximum Gasteiger partial charge on any atom is 0.251 e. The number of pyridine rings is 1. The average molecular weight is 482 g/mol. The van der Waals surface area contributed by atoms with Gasteiger partial charge in [-0.2, -0.15) is 0 Å². The molecule has 0 aliphatic rings. The molecule has 0 spiro atoms. The second-order valence-corrected chi connectivity index (χ2v) is 10.3. The first-order valence-corrected chi connectivity index (χ1v) is 12.3. The molecule has 2 aromatic carbocycles. The van der Waals surface area contributed by atoms with Gasteiger partial charge in [0.15, 0.2) is 15.5 Å². The Hall–Kier alpha value is -3.79. The van der Waals surface area contributed by atoms with Crippen molar-refractivity contribution < 1.29 is 17.6 Å². The van der Waals surface area contributed by atoms with Gasteiger partial charge in [0, 0.05) is 37.2 Å². The fourth-order valence-electron chi connectivity index (χ4n) is 3.57. The van der Waals surface area contributed by atoms with E-state index < -0.39 is 15.7 Å². The van der Waals surface area contributed by atoms with Crippen LogP contribution in [0.4, 0.5) is 10.1 Å². The number of amides is 1. The first-order chi connectivity index (χ1) is 16.0.